The van der Waals surface area contributed by atoms with Crippen LogP contribution in [0.2, 0.25) is 0 Å². The highest BCUT2D eigenvalue weighted by molar-refractivity contribution is 5.81. The molecule has 0 saturated carbocycles. The summed E-state index contributed by atoms with van der Waals surface area (Å²) in [7, 11) is 0. The molecule has 0 aromatic heterocycles. The number of hydrogen-bond acceptors (Lipinski definition) is 5. The quantitative estimate of drug-likeness (QED) is 0.182. The van der Waals surface area contributed by atoms with Crippen molar-refractivity contribution in [2.45, 2.75) is 6.42 Å². The van der Waals surface area contributed by atoms with Crippen LogP contribution in [0, 0.1) is 0 Å². The summed E-state index contributed by atoms with van der Waals surface area (Å²) in [4.78, 5) is 8.30. The highest BCUT2D eigenvalue weighted by Crippen LogP contribution is 1.92. The summed E-state index contributed by atoms with van der Waals surface area (Å²) in [6.45, 7) is 2.84. The fourth-order valence-electron chi connectivity index (χ4n) is 0.508. The van der Waals surface area contributed by atoms with Gasteiger partial charge in [0.15, 0.2) is 6.54 Å². The Labute approximate surface area is 69.4 Å². The Balaban J connectivity index is 3.34. The number of ether oxygens (including phenoxy) is 1. The van der Waals surface area contributed by atoms with Crippen LogP contribution in [0.4, 0.5) is 0 Å². The third-order valence-electron chi connectivity index (χ3n) is 1.01. The first-order valence-electron chi connectivity index (χ1n) is 3.31. The summed E-state index contributed by atoms with van der Waals surface area (Å²) in [5.74, 6) is -0.582. The molecule has 0 aromatic rings. The van der Waals surface area contributed by atoms with Crippen molar-refractivity contribution in [2.24, 2.45) is 0 Å². The lowest BCUT2D eigenvalue weighted by Crippen LogP contribution is -2.38. The van der Waals surface area contributed by atoms with E-state index in [1.165, 1.54) is 0 Å². The van der Waals surface area contributed by atoms with E-state index in [2.05, 4.69) is 11.3 Å². The SMILES string of the molecule is C=CC(=O)OCCC[N+](O)(O)O. The molecule has 6 heteroatoms. The van der Waals surface area contributed by atoms with Crippen molar-refractivity contribution in [1.29, 1.82) is 0 Å². The topological polar surface area (TPSA) is 87.0 Å². The Morgan fingerprint density at radius 3 is 2.50 bits per heavy atom. The van der Waals surface area contributed by atoms with Gasteiger partial charge in [-0.3, -0.25) is 0 Å². The fourth-order valence-corrected chi connectivity index (χ4v) is 0.508. The second-order valence-corrected chi connectivity index (χ2v) is 2.14. The minimum atomic E-state index is -2.11. The minimum absolute atomic E-state index is 0.00648. The summed E-state index contributed by atoms with van der Waals surface area (Å²) in [5.41, 5.74) is 0. The van der Waals surface area contributed by atoms with Gasteiger partial charge in [0.25, 0.3) is 0 Å². The van der Waals surface area contributed by atoms with Gasteiger partial charge in [-0.05, 0) is 0 Å². The number of carbonyl (C=O) groups is 1. The van der Waals surface area contributed by atoms with E-state index >= 15 is 0 Å². The van der Waals surface area contributed by atoms with Gasteiger partial charge in [0.05, 0.1) is 11.6 Å². The molecular weight excluding hydrogens is 166 g/mol. The lowest BCUT2D eigenvalue weighted by molar-refractivity contribution is -1.37. The molecule has 0 rings (SSSR count). The molecule has 0 aliphatic rings. The van der Waals surface area contributed by atoms with Crippen molar-refractivity contribution in [3.05, 3.63) is 12.7 Å². The zero-order valence-electron chi connectivity index (χ0n) is 6.51. The highest BCUT2D eigenvalue weighted by atomic mass is 17.1. The van der Waals surface area contributed by atoms with Crippen molar-refractivity contribution in [3.8, 4) is 0 Å². The average Bonchev–Trinajstić information content (AvgIpc) is 1.96. The first kappa shape index (κ1) is 11.1. The smallest absolute Gasteiger partial charge is 0.330 e. The predicted octanol–water partition coefficient (Wildman–Crippen LogP) is 0.0901. The maximum absolute atomic E-state index is 10.4. The third-order valence-corrected chi connectivity index (χ3v) is 1.01. The van der Waals surface area contributed by atoms with Crippen LogP contribution < -0.4 is 0 Å². The molecule has 0 saturated heterocycles. The third kappa shape index (κ3) is 7.16. The van der Waals surface area contributed by atoms with E-state index in [4.69, 9.17) is 15.6 Å². The molecule has 0 bridgehead atoms. The zero-order valence-corrected chi connectivity index (χ0v) is 6.51. The number of rotatable bonds is 5. The molecule has 0 fully saturated rings. The Bertz CT molecular complexity index is 162. The number of nitrogens with zero attached hydrogens (tertiary/aromatic N) is 1. The minimum Gasteiger partial charge on any atom is -0.462 e. The van der Waals surface area contributed by atoms with Crippen LogP contribution >= 0.6 is 0 Å². The second-order valence-electron chi connectivity index (χ2n) is 2.14. The summed E-state index contributed by atoms with van der Waals surface area (Å²) in [5, 5.41) is 25.0. The predicted molar refractivity (Wildman–Crippen MR) is 36.3 cm³/mol. The average molecular weight is 178 g/mol. The highest BCUT2D eigenvalue weighted by Gasteiger charge is 2.17. The van der Waals surface area contributed by atoms with Gasteiger partial charge in [0, 0.05) is 12.5 Å². The summed E-state index contributed by atoms with van der Waals surface area (Å²) >= 11 is 0. The maximum Gasteiger partial charge on any atom is 0.330 e. The van der Waals surface area contributed by atoms with E-state index in [9.17, 15) is 4.79 Å². The molecule has 6 nitrogen and oxygen atoms in total. The molecule has 0 unspecified atom stereocenters. The van der Waals surface area contributed by atoms with Gasteiger partial charge in [-0.1, -0.05) is 6.58 Å². The van der Waals surface area contributed by atoms with Crippen LogP contribution in [0.3, 0.4) is 0 Å². The molecule has 0 heterocycles. The molecule has 0 spiro atoms. The molecular formula is C6H12NO5+. The van der Waals surface area contributed by atoms with Gasteiger partial charge in [-0.25, -0.2) is 4.79 Å². The van der Waals surface area contributed by atoms with Crippen LogP contribution in [-0.2, 0) is 9.53 Å². The zero-order chi connectivity index (χ0) is 9.61. The summed E-state index contributed by atoms with van der Waals surface area (Å²) in [6.07, 6.45) is 1.14. The van der Waals surface area contributed by atoms with E-state index < -0.39 is 10.9 Å². The second kappa shape index (κ2) is 4.83. The lowest BCUT2D eigenvalue weighted by Gasteiger charge is -2.10. The molecule has 3 N–H and O–H groups in total. The monoisotopic (exact) mass is 178 g/mol. The number of hydroxylamine groups is 3. The first-order valence-corrected chi connectivity index (χ1v) is 3.31. The molecule has 70 valence electrons. The molecule has 0 amide bonds. The number of carbonyl (C=O) groups excluding carboxylic acids is 1. The largest absolute Gasteiger partial charge is 0.462 e. The van der Waals surface area contributed by atoms with Gasteiger partial charge in [-0.15, -0.1) is 15.6 Å². The van der Waals surface area contributed by atoms with Gasteiger partial charge in [0.2, 0.25) is 0 Å². The first-order chi connectivity index (χ1) is 5.45. The van der Waals surface area contributed by atoms with Crippen LogP contribution in [0.1, 0.15) is 6.42 Å². The normalized spacial score (nSPS) is 10.9. The van der Waals surface area contributed by atoms with E-state index in [-0.39, 0.29) is 19.6 Å². The Kier molecular flexibility index (Phi) is 4.45. The van der Waals surface area contributed by atoms with Gasteiger partial charge < -0.3 is 4.74 Å². The maximum atomic E-state index is 10.4. The van der Waals surface area contributed by atoms with Crippen LogP contribution in [0.15, 0.2) is 12.7 Å². The number of quaternary nitrogens is 1. The molecule has 0 aromatic carbocycles. The van der Waals surface area contributed by atoms with E-state index in [1.807, 2.05) is 0 Å². The van der Waals surface area contributed by atoms with Crippen molar-refractivity contribution in [2.75, 3.05) is 13.2 Å². The molecule has 0 aliphatic heterocycles. The van der Waals surface area contributed by atoms with Crippen LogP contribution in [-0.4, -0.2) is 39.7 Å². The Morgan fingerprint density at radius 1 is 1.50 bits per heavy atom. The van der Waals surface area contributed by atoms with Crippen LogP contribution in [0.5, 0.6) is 0 Å². The van der Waals surface area contributed by atoms with E-state index in [0.717, 1.165) is 6.08 Å². The van der Waals surface area contributed by atoms with E-state index in [1.54, 1.807) is 0 Å². The number of hydrogen-bond donors (Lipinski definition) is 3. The fraction of sp³-hybridized carbons (Fsp3) is 0.500. The van der Waals surface area contributed by atoms with Crippen LogP contribution in [0.25, 0.3) is 0 Å². The Morgan fingerprint density at radius 2 is 2.08 bits per heavy atom. The standard InChI is InChI=1S/C6H12NO5/c1-2-6(8)12-5-3-4-7(9,10)11/h2,9-11H,1,3-5H2/q+1. The van der Waals surface area contributed by atoms with Crippen molar-refractivity contribution >= 4 is 5.97 Å². The Hall–Kier alpha value is -0.950. The van der Waals surface area contributed by atoms with E-state index in [0.29, 0.717) is 0 Å². The molecule has 0 atom stereocenters. The molecule has 12 heavy (non-hydrogen) atoms. The van der Waals surface area contributed by atoms with Crippen molar-refractivity contribution in [1.82, 2.24) is 0 Å². The molecule has 0 aliphatic carbocycles. The van der Waals surface area contributed by atoms with Gasteiger partial charge >= 0.3 is 5.97 Å². The lowest BCUT2D eigenvalue weighted by atomic mass is 10.4. The van der Waals surface area contributed by atoms with Gasteiger partial charge in [0.1, 0.15) is 0 Å². The molecule has 0 radical (unpaired) electrons. The van der Waals surface area contributed by atoms with Crippen molar-refractivity contribution < 1.29 is 30.1 Å². The number of esters is 1. The summed E-state index contributed by atoms with van der Waals surface area (Å²) < 4.78 is 4.49. The summed E-state index contributed by atoms with van der Waals surface area (Å²) in [6, 6.07) is 0. The van der Waals surface area contributed by atoms with Crippen molar-refractivity contribution in [3.63, 3.8) is 0 Å². The van der Waals surface area contributed by atoms with Gasteiger partial charge in [-0.2, -0.15) is 0 Å².